The number of hydrogen-bond donors (Lipinski definition) is 1. The molecule has 0 aromatic carbocycles. The van der Waals surface area contributed by atoms with Crippen molar-refractivity contribution in [3.63, 3.8) is 0 Å². The number of rotatable bonds is 5. The molecule has 0 aliphatic rings. The Balaban J connectivity index is 2.95. The number of hydrogen-bond acceptors (Lipinski definition) is 3. The van der Waals surface area contributed by atoms with Gasteiger partial charge in [0.2, 0.25) is 0 Å². The van der Waals surface area contributed by atoms with Gasteiger partial charge < -0.3 is 5.73 Å². The first-order chi connectivity index (χ1) is 7.56. The molecule has 0 radical (unpaired) electrons. The Kier molecular flexibility index (Phi) is 4.87. The van der Waals surface area contributed by atoms with Crippen LogP contribution >= 0.6 is 0 Å². The van der Waals surface area contributed by atoms with E-state index in [0.717, 1.165) is 24.2 Å². The van der Waals surface area contributed by atoms with E-state index in [1.807, 2.05) is 6.92 Å². The first kappa shape index (κ1) is 13.1. The highest BCUT2D eigenvalue weighted by Crippen LogP contribution is 2.25. The molecule has 0 fully saturated rings. The van der Waals surface area contributed by atoms with E-state index < -0.39 is 0 Å². The van der Waals surface area contributed by atoms with Crippen molar-refractivity contribution in [3.05, 3.63) is 23.8 Å². The van der Waals surface area contributed by atoms with Crippen molar-refractivity contribution in [2.45, 2.75) is 52.5 Å². The SMILES string of the molecule is CCCc1cc(C(C(C)C)C(C)N)ncn1. The van der Waals surface area contributed by atoms with Gasteiger partial charge in [0.15, 0.2) is 0 Å². The predicted octanol–water partition coefficient (Wildman–Crippen LogP) is 2.52. The molecule has 0 saturated heterocycles. The number of aryl methyl sites for hydroxylation is 1. The third-order valence-electron chi connectivity index (χ3n) is 2.88. The molecule has 1 rings (SSSR count). The van der Waals surface area contributed by atoms with Gasteiger partial charge in [0, 0.05) is 23.3 Å². The molecule has 1 aromatic rings. The van der Waals surface area contributed by atoms with Crippen LogP contribution in [0.4, 0.5) is 0 Å². The molecule has 3 heteroatoms. The van der Waals surface area contributed by atoms with E-state index in [1.165, 1.54) is 0 Å². The zero-order valence-corrected chi connectivity index (χ0v) is 10.8. The van der Waals surface area contributed by atoms with Gasteiger partial charge >= 0.3 is 0 Å². The fourth-order valence-electron chi connectivity index (χ4n) is 2.21. The summed E-state index contributed by atoms with van der Waals surface area (Å²) in [4.78, 5) is 8.65. The molecule has 1 heterocycles. The van der Waals surface area contributed by atoms with Gasteiger partial charge in [-0.25, -0.2) is 9.97 Å². The van der Waals surface area contributed by atoms with Gasteiger partial charge in [-0.3, -0.25) is 0 Å². The van der Waals surface area contributed by atoms with Crippen LogP contribution in [0.25, 0.3) is 0 Å². The van der Waals surface area contributed by atoms with Crippen molar-refractivity contribution in [2.24, 2.45) is 11.7 Å². The van der Waals surface area contributed by atoms with Gasteiger partial charge in [0.25, 0.3) is 0 Å². The number of aromatic nitrogens is 2. The zero-order chi connectivity index (χ0) is 12.1. The minimum Gasteiger partial charge on any atom is -0.327 e. The van der Waals surface area contributed by atoms with Crippen LogP contribution in [0.2, 0.25) is 0 Å². The van der Waals surface area contributed by atoms with Crippen molar-refractivity contribution < 1.29 is 0 Å². The van der Waals surface area contributed by atoms with E-state index in [9.17, 15) is 0 Å². The minimum atomic E-state index is 0.129. The molecule has 0 spiro atoms. The van der Waals surface area contributed by atoms with E-state index in [2.05, 4.69) is 36.8 Å². The fraction of sp³-hybridized carbons (Fsp3) is 0.692. The number of nitrogens with zero attached hydrogens (tertiary/aromatic N) is 2. The van der Waals surface area contributed by atoms with Crippen LogP contribution in [0.1, 0.15) is 51.4 Å². The summed E-state index contributed by atoms with van der Waals surface area (Å²) in [7, 11) is 0. The quantitative estimate of drug-likeness (QED) is 0.831. The van der Waals surface area contributed by atoms with Gasteiger partial charge in [-0.05, 0) is 25.3 Å². The molecular formula is C13H23N3. The number of nitrogens with two attached hydrogens (primary N) is 1. The Bertz CT molecular complexity index is 313. The fourth-order valence-corrected chi connectivity index (χ4v) is 2.21. The van der Waals surface area contributed by atoms with Crippen molar-refractivity contribution in [1.82, 2.24) is 9.97 Å². The van der Waals surface area contributed by atoms with Crippen molar-refractivity contribution >= 4 is 0 Å². The van der Waals surface area contributed by atoms with Crippen molar-refractivity contribution in [3.8, 4) is 0 Å². The van der Waals surface area contributed by atoms with Crippen LogP contribution in [0.15, 0.2) is 12.4 Å². The van der Waals surface area contributed by atoms with E-state index >= 15 is 0 Å². The zero-order valence-electron chi connectivity index (χ0n) is 10.8. The second-order valence-corrected chi connectivity index (χ2v) is 4.81. The lowest BCUT2D eigenvalue weighted by molar-refractivity contribution is 0.426. The summed E-state index contributed by atoms with van der Waals surface area (Å²) in [5, 5.41) is 0. The largest absolute Gasteiger partial charge is 0.327 e. The smallest absolute Gasteiger partial charge is 0.115 e. The third-order valence-corrected chi connectivity index (χ3v) is 2.88. The highest BCUT2D eigenvalue weighted by Gasteiger charge is 2.21. The topological polar surface area (TPSA) is 51.8 Å². The molecule has 2 atom stereocenters. The molecule has 2 N–H and O–H groups in total. The molecular weight excluding hydrogens is 198 g/mol. The molecule has 0 aliphatic heterocycles. The van der Waals surface area contributed by atoms with Crippen molar-refractivity contribution in [2.75, 3.05) is 0 Å². The van der Waals surface area contributed by atoms with Gasteiger partial charge in [-0.1, -0.05) is 27.2 Å². The Morgan fingerprint density at radius 3 is 2.44 bits per heavy atom. The molecule has 2 unspecified atom stereocenters. The lowest BCUT2D eigenvalue weighted by Gasteiger charge is -2.24. The monoisotopic (exact) mass is 221 g/mol. The highest BCUT2D eigenvalue weighted by molar-refractivity contribution is 5.15. The van der Waals surface area contributed by atoms with Gasteiger partial charge in [-0.2, -0.15) is 0 Å². The van der Waals surface area contributed by atoms with Gasteiger partial charge in [0.05, 0.1) is 0 Å². The normalized spacial score (nSPS) is 15.1. The molecule has 0 aliphatic carbocycles. The van der Waals surface area contributed by atoms with Gasteiger partial charge in [-0.15, -0.1) is 0 Å². The van der Waals surface area contributed by atoms with Crippen LogP contribution in [-0.4, -0.2) is 16.0 Å². The Hall–Kier alpha value is -0.960. The Morgan fingerprint density at radius 2 is 1.94 bits per heavy atom. The second-order valence-electron chi connectivity index (χ2n) is 4.81. The molecule has 1 aromatic heterocycles. The molecule has 16 heavy (non-hydrogen) atoms. The summed E-state index contributed by atoms with van der Waals surface area (Å²) >= 11 is 0. The average molecular weight is 221 g/mol. The summed E-state index contributed by atoms with van der Waals surface area (Å²) in [6.07, 6.45) is 3.79. The maximum absolute atomic E-state index is 6.03. The minimum absolute atomic E-state index is 0.129. The standard InChI is InChI=1S/C13H23N3/c1-5-6-11-7-12(16-8-15-11)13(9(2)3)10(4)14/h7-10,13H,5-6,14H2,1-4H3. The van der Waals surface area contributed by atoms with Crippen molar-refractivity contribution in [1.29, 1.82) is 0 Å². The van der Waals surface area contributed by atoms with E-state index in [1.54, 1.807) is 6.33 Å². The van der Waals surface area contributed by atoms with Crippen LogP contribution in [0.3, 0.4) is 0 Å². The lowest BCUT2D eigenvalue weighted by Crippen LogP contribution is -2.29. The Labute approximate surface area is 98.5 Å². The maximum Gasteiger partial charge on any atom is 0.115 e. The highest BCUT2D eigenvalue weighted by atomic mass is 14.8. The lowest BCUT2D eigenvalue weighted by atomic mass is 9.86. The molecule has 3 nitrogen and oxygen atoms in total. The van der Waals surface area contributed by atoms with E-state index in [-0.39, 0.29) is 6.04 Å². The van der Waals surface area contributed by atoms with Crippen LogP contribution in [-0.2, 0) is 6.42 Å². The van der Waals surface area contributed by atoms with Crippen LogP contribution < -0.4 is 5.73 Å². The summed E-state index contributed by atoms with van der Waals surface area (Å²) in [6.45, 7) is 8.59. The molecule has 90 valence electrons. The predicted molar refractivity (Wildman–Crippen MR) is 67.3 cm³/mol. The maximum atomic E-state index is 6.03. The summed E-state index contributed by atoms with van der Waals surface area (Å²) in [6, 6.07) is 2.24. The Morgan fingerprint density at radius 1 is 1.25 bits per heavy atom. The molecule has 0 bridgehead atoms. The summed E-state index contributed by atoms with van der Waals surface area (Å²) in [5.74, 6) is 0.822. The summed E-state index contributed by atoms with van der Waals surface area (Å²) in [5.41, 5.74) is 8.24. The third kappa shape index (κ3) is 3.27. The van der Waals surface area contributed by atoms with E-state index in [0.29, 0.717) is 11.8 Å². The van der Waals surface area contributed by atoms with Crippen LogP contribution in [0, 0.1) is 5.92 Å². The molecule has 0 saturated carbocycles. The molecule has 0 amide bonds. The first-order valence-electron chi connectivity index (χ1n) is 6.12. The van der Waals surface area contributed by atoms with Gasteiger partial charge in [0.1, 0.15) is 6.33 Å². The van der Waals surface area contributed by atoms with E-state index in [4.69, 9.17) is 5.73 Å². The second kappa shape index (κ2) is 5.94. The summed E-state index contributed by atoms with van der Waals surface area (Å²) < 4.78 is 0. The first-order valence-corrected chi connectivity index (χ1v) is 6.12. The average Bonchev–Trinajstić information content (AvgIpc) is 2.17. The van der Waals surface area contributed by atoms with Crippen LogP contribution in [0.5, 0.6) is 0 Å².